The van der Waals surface area contributed by atoms with Crippen LogP contribution in [0.2, 0.25) is 0 Å². The summed E-state index contributed by atoms with van der Waals surface area (Å²) in [6, 6.07) is 0. The number of Topliss-reactive ketones (excluding diaryl/α,β-unsaturated/α-hetero) is 1. The summed E-state index contributed by atoms with van der Waals surface area (Å²) in [4.78, 5) is 22.9. The van der Waals surface area contributed by atoms with E-state index < -0.39 is 17.4 Å². The minimum atomic E-state index is -2.38. The summed E-state index contributed by atoms with van der Waals surface area (Å²) >= 11 is 0. The van der Waals surface area contributed by atoms with Crippen LogP contribution in [0, 0.1) is 0 Å². The van der Waals surface area contributed by atoms with Gasteiger partial charge in [0.2, 0.25) is 0 Å². The van der Waals surface area contributed by atoms with Gasteiger partial charge in [0.05, 0.1) is 6.61 Å². The van der Waals surface area contributed by atoms with E-state index in [1.165, 1.54) is 0 Å². The summed E-state index contributed by atoms with van der Waals surface area (Å²) in [7, 11) is 0. The smallest absolute Gasteiger partial charge is 0.351 e. The van der Waals surface area contributed by atoms with Gasteiger partial charge in [0.1, 0.15) is 0 Å². The van der Waals surface area contributed by atoms with Crippen LogP contribution in [0.4, 0.5) is 4.39 Å². The number of esters is 1. The van der Waals surface area contributed by atoms with Crippen LogP contribution in [0.5, 0.6) is 0 Å². The molecule has 0 bridgehead atoms. The number of hydrogen-bond donors (Lipinski definition) is 0. The fourth-order valence-electron chi connectivity index (χ4n) is 1.81. The van der Waals surface area contributed by atoms with E-state index in [9.17, 15) is 14.0 Å². The van der Waals surface area contributed by atoms with Gasteiger partial charge in [-0.2, -0.15) is 0 Å². The molecule has 1 rings (SSSR count). The highest BCUT2D eigenvalue weighted by Crippen LogP contribution is 2.28. The predicted octanol–water partition coefficient (Wildman–Crippen LogP) is 2.18. The predicted molar refractivity (Wildman–Crippen MR) is 53.2 cm³/mol. The fraction of sp³-hybridized carbons (Fsp3) is 0.818. The first-order valence-electron chi connectivity index (χ1n) is 5.50. The second-order valence-electron chi connectivity index (χ2n) is 3.86. The van der Waals surface area contributed by atoms with Crippen LogP contribution in [0.1, 0.15) is 45.4 Å². The third-order valence-corrected chi connectivity index (χ3v) is 2.72. The van der Waals surface area contributed by atoms with Crippen molar-refractivity contribution in [1.29, 1.82) is 0 Å². The second kappa shape index (κ2) is 5.24. The second-order valence-corrected chi connectivity index (χ2v) is 3.86. The molecule has 1 aliphatic carbocycles. The zero-order valence-corrected chi connectivity index (χ0v) is 9.05. The van der Waals surface area contributed by atoms with Crippen LogP contribution in [-0.2, 0) is 14.3 Å². The van der Waals surface area contributed by atoms with Crippen LogP contribution in [0.3, 0.4) is 0 Å². The molecule has 15 heavy (non-hydrogen) atoms. The Hall–Kier alpha value is -0.930. The molecule has 0 aromatic heterocycles. The van der Waals surface area contributed by atoms with Crippen LogP contribution >= 0.6 is 0 Å². The zero-order chi connectivity index (χ0) is 11.3. The molecule has 4 heteroatoms. The van der Waals surface area contributed by atoms with Crippen molar-refractivity contribution in [2.24, 2.45) is 0 Å². The molecule has 0 unspecified atom stereocenters. The molecule has 3 nitrogen and oxygen atoms in total. The monoisotopic (exact) mass is 216 g/mol. The van der Waals surface area contributed by atoms with Crippen molar-refractivity contribution in [1.82, 2.24) is 0 Å². The number of hydrogen-bond acceptors (Lipinski definition) is 3. The summed E-state index contributed by atoms with van der Waals surface area (Å²) in [6.45, 7) is 1.71. The lowest BCUT2D eigenvalue weighted by atomic mass is 9.87. The van der Waals surface area contributed by atoms with Gasteiger partial charge in [-0.15, -0.1) is 0 Å². The van der Waals surface area contributed by atoms with E-state index >= 15 is 0 Å². The van der Waals surface area contributed by atoms with Gasteiger partial charge >= 0.3 is 5.97 Å². The lowest BCUT2D eigenvalue weighted by Crippen LogP contribution is -2.44. The van der Waals surface area contributed by atoms with E-state index in [2.05, 4.69) is 4.74 Å². The quantitative estimate of drug-likeness (QED) is 0.525. The van der Waals surface area contributed by atoms with Crippen molar-refractivity contribution in [3.8, 4) is 0 Å². The third-order valence-electron chi connectivity index (χ3n) is 2.72. The van der Waals surface area contributed by atoms with E-state index in [-0.39, 0.29) is 19.4 Å². The van der Waals surface area contributed by atoms with Gasteiger partial charge in [-0.3, -0.25) is 4.79 Å². The SMILES string of the molecule is CCOC(=O)[C@@]1(F)CCCCCCC1=O. The van der Waals surface area contributed by atoms with Crippen molar-refractivity contribution < 1.29 is 18.7 Å². The minimum absolute atomic E-state index is 0.0231. The van der Waals surface area contributed by atoms with E-state index in [0.29, 0.717) is 12.8 Å². The molecular weight excluding hydrogens is 199 g/mol. The topological polar surface area (TPSA) is 43.4 Å². The Balaban J connectivity index is 2.75. The number of halogens is 1. The molecule has 0 radical (unpaired) electrons. The minimum Gasteiger partial charge on any atom is -0.463 e. The zero-order valence-electron chi connectivity index (χ0n) is 9.05. The number of carbonyl (C=O) groups excluding carboxylic acids is 2. The molecule has 0 aromatic carbocycles. The molecule has 1 atom stereocenters. The van der Waals surface area contributed by atoms with Crippen LogP contribution in [-0.4, -0.2) is 24.0 Å². The van der Waals surface area contributed by atoms with Crippen molar-refractivity contribution >= 4 is 11.8 Å². The number of ketones is 1. The maximum Gasteiger partial charge on any atom is 0.351 e. The van der Waals surface area contributed by atoms with E-state index in [1.807, 2.05) is 0 Å². The highest BCUT2D eigenvalue weighted by molar-refractivity contribution is 6.07. The molecule has 0 heterocycles. The molecule has 0 aliphatic heterocycles. The molecule has 0 spiro atoms. The molecule has 0 saturated heterocycles. The molecule has 86 valence electrons. The maximum absolute atomic E-state index is 14.2. The third kappa shape index (κ3) is 2.76. The molecule has 1 aliphatic rings. The Morgan fingerprint density at radius 2 is 2.07 bits per heavy atom. The first kappa shape index (κ1) is 12.1. The van der Waals surface area contributed by atoms with Gasteiger partial charge in [-0.1, -0.05) is 12.8 Å². The van der Waals surface area contributed by atoms with Gasteiger partial charge < -0.3 is 4.74 Å². The van der Waals surface area contributed by atoms with E-state index in [4.69, 9.17) is 0 Å². The molecule has 0 aromatic rings. The van der Waals surface area contributed by atoms with Crippen LogP contribution in [0.25, 0.3) is 0 Å². The summed E-state index contributed by atoms with van der Waals surface area (Å²) in [5, 5.41) is 0. The molecule has 1 saturated carbocycles. The van der Waals surface area contributed by atoms with Gasteiger partial charge in [0, 0.05) is 6.42 Å². The average molecular weight is 216 g/mol. The summed E-state index contributed by atoms with van der Waals surface area (Å²) in [5.74, 6) is -1.61. The normalized spacial score (nSPS) is 28.0. The first-order valence-corrected chi connectivity index (χ1v) is 5.50. The Morgan fingerprint density at radius 3 is 2.73 bits per heavy atom. The number of alkyl halides is 1. The van der Waals surface area contributed by atoms with E-state index in [0.717, 1.165) is 12.8 Å². The van der Waals surface area contributed by atoms with Crippen molar-refractivity contribution in [2.45, 2.75) is 51.1 Å². The number of rotatable bonds is 2. The van der Waals surface area contributed by atoms with Crippen molar-refractivity contribution in [3.63, 3.8) is 0 Å². The largest absolute Gasteiger partial charge is 0.463 e. The molecule has 0 N–H and O–H groups in total. The van der Waals surface area contributed by atoms with Gasteiger partial charge in [0.25, 0.3) is 5.67 Å². The van der Waals surface area contributed by atoms with Crippen molar-refractivity contribution in [3.05, 3.63) is 0 Å². The highest BCUT2D eigenvalue weighted by atomic mass is 19.1. The molecule has 1 fully saturated rings. The summed E-state index contributed by atoms with van der Waals surface area (Å²) in [6.07, 6.45) is 3.17. The van der Waals surface area contributed by atoms with Gasteiger partial charge in [0.15, 0.2) is 5.78 Å². The summed E-state index contributed by atoms with van der Waals surface area (Å²) in [5.41, 5.74) is -2.38. The first-order chi connectivity index (χ1) is 7.11. The lowest BCUT2D eigenvalue weighted by Gasteiger charge is -2.23. The Labute approximate surface area is 89.0 Å². The Kier molecular flexibility index (Phi) is 4.24. The standard InChI is InChI=1S/C11H17FO3/c1-2-15-10(14)11(12)8-6-4-3-5-7-9(11)13/h2-8H2,1H3/t11-/m1/s1. The van der Waals surface area contributed by atoms with Gasteiger partial charge in [-0.25, -0.2) is 9.18 Å². The molecular formula is C11H17FO3. The number of ether oxygens (including phenoxy) is 1. The van der Waals surface area contributed by atoms with Crippen molar-refractivity contribution in [2.75, 3.05) is 6.61 Å². The van der Waals surface area contributed by atoms with Crippen LogP contribution in [0.15, 0.2) is 0 Å². The Morgan fingerprint density at radius 1 is 1.40 bits per heavy atom. The lowest BCUT2D eigenvalue weighted by molar-refractivity contribution is -0.163. The highest BCUT2D eigenvalue weighted by Gasteiger charge is 2.46. The number of carbonyl (C=O) groups is 2. The summed E-state index contributed by atoms with van der Waals surface area (Å²) < 4.78 is 18.8. The average Bonchev–Trinajstić information content (AvgIpc) is 2.20. The molecule has 0 amide bonds. The fourth-order valence-corrected chi connectivity index (χ4v) is 1.81. The maximum atomic E-state index is 14.2. The Bertz CT molecular complexity index is 242. The van der Waals surface area contributed by atoms with Gasteiger partial charge in [-0.05, 0) is 26.2 Å². The van der Waals surface area contributed by atoms with E-state index in [1.54, 1.807) is 6.92 Å². The van der Waals surface area contributed by atoms with Crippen LogP contribution < -0.4 is 0 Å².